The molecule has 0 saturated carbocycles. The highest BCUT2D eigenvalue weighted by Crippen LogP contribution is 2.21. The van der Waals surface area contributed by atoms with Crippen LogP contribution in [0.15, 0.2) is 23.1 Å². The molecule has 0 spiro atoms. The summed E-state index contributed by atoms with van der Waals surface area (Å²) in [6.07, 6.45) is 2.42. The predicted octanol–water partition coefficient (Wildman–Crippen LogP) is 2.37. The van der Waals surface area contributed by atoms with E-state index >= 15 is 0 Å². The third-order valence-electron chi connectivity index (χ3n) is 2.32. The topological polar surface area (TPSA) is 60.2 Å². The minimum absolute atomic E-state index is 0.0171. The first-order valence-electron chi connectivity index (χ1n) is 5.25. The van der Waals surface area contributed by atoms with Gasteiger partial charge in [0.1, 0.15) is 5.82 Å². The second-order valence-electron chi connectivity index (χ2n) is 3.71. The molecule has 90 valence electrons. The molecule has 0 amide bonds. The highest BCUT2D eigenvalue weighted by molar-refractivity contribution is 7.91. The van der Waals surface area contributed by atoms with E-state index in [1.54, 1.807) is 0 Å². The summed E-state index contributed by atoms with van der Waals surface area (Å²) in [6.45, 7) is 2.00. The molecule has 0 atom stereocenters. The van der Waals surface area contributed by atoms with Crippen LogP contribution in [0.1, 0.15) is 26.2 Å². The minimum atomic E-state index is -3.37. The number of rotatable bonds is 5. The molecule has 0 fully saturated rings. The molecule has 0 aliphatic heterocycles. The zero-order valence-corrected chi connectivity index (χ0v) is 10.1. The van der Waals surface area contributed by atoms with E-state index in [1.807, 2.05) is 6.92 Å². The molecule has 0 heterocycles. The number of benzene rings is 1. The standard InChI is InChI=1S/C11H16FNO2S/c1-2-3-4-7-16(14,15)11-6-5-9(12)8-10(11)13/h5-6,8H,2-4,7,13H2,1H3. The van der Waals surface area contributed by atoms with Gasteiger partial charge in [0.15, 0.2) is 9.84 Å². The quantitative estimate of drug-likeness (QED) is 0.492. The lowest BCUT2D eigenvalue weighted by Crippen LogP contribution is -2.09. The first-order chi connectivity index (χ1) is 7.47. The molecule has 0 saturated heterocycles. The van der Waals surface area contributed by atoms with E-state index < -0.39 is 15.7 Å². The Kier molecular flexibility index (Phi) is 4.29. The Morgan fingerprint density at radius 1 is 1.31 bits per heavy atom. The lowest BCUT2D eigenvalue weighted by molar-refractivity contribution is 0.590. The number of sulfone groups is 1. The smallest absolute Gasteiger partial charge is 0.180 e. The summed E-state index contributed by atoms with van der Waals surface area (Å²) in [5.41, 5.74) is 5.48. The van der Waals surface area contributed by atoms with E-state index in [2.05, 4.69) is 0 Å². The second kappa shape index (κ2) is 5.30. The maximum Gasteiger partial charge on any atom is 0.180 e. The Morgan fingerprint density at radius 3 is 2.56 bits per heavy atom. The molecule has 16 heavy (non-hydrogen) atoms. The fraction of sp³-hybridized carbons (Fsp3) is 0.455. The Morgan fingerprint density at radius 2 is 2.00 bits per heavy atom. The predicted molar refractivity (Wildman–Crippen MR) is 62.4 cm³/mol. The zero-order valence-electron chi connectivity index (χ0n) is 9.24. The van der Waals surface area contributed by atoms with Gasteiger partial charge in [-0.05, 0) is 24.6 Å². The van der Waals surface area contributed by atoms with Gasteiger partial charge in [-0.25, -0.2) is 12.8 Å². The van der Waals surface area contributed by atoms with Crippen molar-refractivity contribution in [3.8, 4) is 0 Å². The molecule has 1 aromatic rings. The maximum absolute atomic E-state index is 12.8. The van der Waals surface area contributed by atoms with Crippen LogP contribution < -0.4 is 5.73 Å². The summed E-state index contributed by atoms with van der Waals surface area (Å²) in [6, 6.07) is 3.38. The monoisotopic (exact) mass is 245 g/mol. The molecular formula is C11H16FNO2S. The zero-order chi connectivity index (χ0) is 12.2. The molecule has 0 aliphatic rings. The van der Waals surface area contributed by atoms with Gasteiger partial charge in [-0.3, -0.25) is 0 Å². The first kappa shape index (κ1) is 13.0. The Hall–Kier alpha value is -1.10. The number of unbranched alkanes of at least 4 members (excludes halogenated alkanes) is 2. The fourth-order valence-corrected chi connectivity index (χ4v) is 2.95. The van der Waals surface area contributed by atoms with E-state index in [-0.39, 0.29) is 16.3 Å². The Balaban J connectivity index is 2.90. The van der Waals surface area contributed by atoms with Crippen LogP contribution in [-0.4, -0.2) is 14.2 Å². The van der Waals surface area contributed by atoms with E-state index in [1.165, 1.54) is 6.07 Å². The number of anilines is 1. The maximum atomic E-state index is 12.8. The van der Waals surface area contributed by atoms with Crippen molar-refractivity contribution in [2.24, 2.45) is 0 Å². The van der Waals surface area contributed by atoms with Gasteiger partial charge >= 0.3 is 0 Å². The average Bonchev–Trinajstić information content (AvgIpc) is 2.17. The van der Waals surface area contributed by atoms with Crippen molar-refractivity contribution >= 4 is 15.5 Å². The van der Waals surface area contributed by atoms with Crippen LogP contribution in [0.2, 0.25) is 0 Å². The van der Waals surface area contributed by atoms with Gasteiger partial charge in [-0.2, -0.15) is 0 Å². The van der Waals surface area contributed by atoms with E-state index in [0.717, 1.165) is 25.0 Å². The van der Waals surface area contributed by atoms with Gasteiger partial charge in [-0.15, -0.1) is 0 Å². The number of hydrogen-bond acceptors (Lipinski definition) is 3. The largest absolute Gasteiger partial charge is 0.398 e. The highest BCUT2D eigenvalue weighted by Gasteiger charge is 2.17. The van der Waals surface area contributed by atoms with Crippen molar-refractivity contribution in [2.75, 3.05) is 11.5 Å². The van der Waals surface area contributed by atoms with Crippen molar-refractivity contribution in [2.45, 2.75) is 31.1 Å². The number of halogens is 1. The molecule has 0 bridgehead atoms. The van der Waals surface area contributed by atoms with Gasteiger partial charge in [0, 0.05) is 0 Å². The van der Waals surface area contributed by atoms with Crippen LogP contribution in [0, 0.1) is 5.82 Å². The summed E-state index contributed by atoms with van der Waals surface area (Å²) < 4.78 is 36.4. The third kappa shape index (κ3) is 3.20. The molecular weight excluding hydrogens is 229 g/mol. The average molecular weight is 245 g/mol. The Bertz CT molecular complexity index is 457. The van der Waals surface area contributed by atoms with E-state index in [4.69, 9.17) is 5.73 Å². The van der Waals surface area contributed by atoms with Crippen molar-refractivity contribution in [1.29, 1.82) is 0 Å². The second-order valence-corrected chi connectivity index (χ2v) is 5.79. The molecule has 0 aromatic heterocycles. The number of hydrogen-bond donors (Lipinski definition) is 1. The van der Waals surface area contributed by atoms with Crippen molar-refractivity contribution < 1.29 is 12.8 Å². The summed E-state index contributed by atoms with van der Waals surface area (Å²) in [7, 11) is -3.37. The minimum Gasteiger partial charge on any atom is -0.398 e. The molecule has 1 aromatic carbocycles. The van der Waals surface area contributed by atoms with Gasteiger partial charge in [0.2, 0.25) is 0 Å². The molecule has 2 N–H and O–H groups in total. The van der Waals surface area contributed by atoms with Gasteiger partial charge in [0.05, 0.1) is 16.3 Å². The molecule has 1 rings (SSSR count). The van der Waals surface area contributed by atoms with Crippen LogP contribution in [-0.2, 0) is 9.84 Å². The SMILES string of the molecule is CCCCCS(=O)(=O)c1ccc(F)cc1N. The molecule has 0 unspecified atom stereocenters. The van der Waals surface area contributed by atoms with E-state index in [0.29, 0.717) is 6.42 Å². The van der Waals surface area contributed by atoms with Crippen LogP contribution in [0.3, 0.4) is 0 Å². The molecule has 5 heteroatoms. The third-order valence-corrected chi connectivity index (χ3v) is 4.19. The van der Waals surface area contributed by atoms with Gasteiger partial charge in [-0.1, -0.05) is 19.8 Å². The van der Waals surface area contributed by atoms with E-state index in [9.17, 15) is 12.8 Å². The van der Waals surface area contributed by atoms with Crippen LogP contribution >= 0.6 is 0 Å². The fourth-order valence-electron chi connectivity index (χ4n) is 1.45. The Labute approximate surface area is 95.4 Å². The molecule has 0 radical (unpaired) electrons. The van der Waals surface area contributed by atoms with Crippen molar-refractivity contribution in [1.82, 2.24) is 0 Å². The summed E-state index contributed by atoms with van der Waals surface area (Å²) in [5.74, 6) is -0.457. The molecule has 3 nitrogen and oxygen atoms in total. The summed E-state index contributed by atoms with van der Waals surface area (Å²) in [5, 5.41) is 0. The summed E-state index contributed by atoms with van der Waals surface area (Å²) in [4.78, 5) is 0.0324. The van der Waals surface area contributed by atoms with Crippen LogP contribution in [0.25, 0.3) is 0 Å². The van der Waals surface area contributed by atoms with Crippen molar-refractivity contribution in [3.05, 3.63) is 24.0 Å². The highest BCUT2D eigenvalue weighted by atomic mass is 32.2. The molecule has 0 aliphatic carbocycles. The van der Waals surface area contributed by atoms with Gasteiger partial charge < -0.3 is 5.73 Å². The number of nitrogens with two attached hydrogens (primary N) is 1. The van der Waals surface area contributed by atoms with Crippen LogP contribution in [0.4, 0.5) is 10.1 Å². The number of nitrogen functional groups attached to an aromatic ring is 1. The normalized spacial score (nSPS) is 11.6. The van der Waals surface area contributed by atoms with Crippen molar-refractivity contribution in [3.63, 3.8) is 0 Å². The lowest BCUT2D eigenvalue weighted by atomic mass is 10.3. The van der Waals surface area contributed by atoms with Gasteiger partial charge in [0.25, 0.3) is 0 Å². The van der Waals surface area contributed by atoms with Crippen LogP contribution in [0.5, 0.6) is 0 Å². The lowest BCUT2D eigenvalue weighted by Gasteiger charge is -2.06. The summed E-state index contributed by atoms with van der Waals surface area (Å²) >= 11 is 0. The first-order valence-corrected chi connectivity index (χ1v) is 6.90.